The Hall–Kier alpha value is -2.67. The lowest BCUT2D eigenvalue weighted by Crippen LogP contribution is -2.31. The first-order chi connectivity index (χ1) is 12.6. The van der Waals surface area contributed by atoms with Gasteiger partial charge >= 0.3 is 5.97 Å². The number of nitrogens with one attached hydrogen (secondary N) is 1. The third-order valence-electron chi connectivity index (χ3n) is 3.74. The lowest BCUT2D eigenvalue weighted by Gasteiger charge is -2.15. The Morgan fingerprint density at radius 1 is 1.15 bits per heavy atom. The minimum atomic E-state index is -0.426. The molecule has 0 saturated carbocycles. The van der Waals surface area contributed by atoms with Crippen molar-refractivity contribution in [2.45, 2.75) is 17.9 Å². The smallest absolute Gasteiger partial charge is 0.316 e. The number of rotatable bonds is 7. The Kier molecular flexibility index (Phi) is 6.01. The van der Waals surface area contributed by atoms with Crippen LogP contribution >= 0.6 is 11.8 Å². The van der Waals surface area contributed by atoms with E-state index in [1.54, 1.807) is 6.07 Å². The van der Waals surface area contributed by atoms with Gasteiger partial charge in [-0.1, -0.05) is 24.3 Å². The van der Waals surface area contributed by atoms with Crippen molar-refractivity contribution in [3.05, 3.63) is 54.1 Å². The fraction of sp³-hybridized carbons (Fsp3) is 0.263. The van der Waals surface area contributed by atoms with E-state index < -0.39 is 5.97 Å². The molecule has 6 nitrogen and oxygen atoms in total. The highest BCUT2D eigenvalue weighted by atomic mass is 32.2. The molecule has 2 aromatic rings. The summed E-state index contributed by atoms with van der Waals surface area (Å²) in [7, 11) is 0. The molecule has 1 amide bonds. The van der Waals surface area contributed by atoms with E-state index in [4.69, 9.17) is 14.2 Å². The molecular weight excluding hydrogens is 354 g/mol. The first kappa shape index (κ1) is 18.1. The molecule has 2 aromatic carbocycles. The summed E-state index contributed by atoms with van der Waals surface area (Å²) in [6.45, 7) is 1.75. The van der Waals surface area contributed by atoms with Gasteiger partial charge in [0.1, 0.15) is 0 Å². The molecule has 3 rings (SSSR count). The van der Waals surface area contributed by atoms with E-state index in [1.807, 2.05) is 49.4 Å². The van der Waals surface area contributed by atoms with E-state index in [1.165, 1.54) is 11.8 Å². The molecule has 1 heterocycles. The fourth-order valence-corrected chi connectivity index (χ4v) is 3.11. The van der Waals surface area contributed by atoms with Crippen molar-refractivity contribution in [1.82, 2.24) is 5.32 Å². The van der Waals surface area contributed by atoms with Crippen molar-refractivity contribution in [1.29, 1.82) is 0 Å². The van der Waals surface area contributed by atoms with Crippen LogP contribution in [0.4, 0.5) is 0 Å². The fourth-order valence-electron chi connectivity index (χ4n) is 2.40. The number of carbonyl (C=O) groups excluding carboxylic acids is 2. The maximum Gasteiger partial charge on any atom is 0.316 e. The summed E-state index contributed by atoms with van der Waals surface area (Å²) in [5, 5.41) is 2.80. The quantitative estimate of drug-likeness (QED) is 0.594. The molecule has 1 aliphatic rings. The zero-order chi connectivity index (χ0) is 18.4. The van der Waals surface area contributed by atoms with Crippen LogP contribution in [-0.2, 0) is 14.3 Å². The maximum atomic E-state index is 12.0. The number of amides is 1. The van der Waals surface area contributed by atoms with E-state index in [9.17, 15) is 9.59 Å². The number of hydrogen-bond donors (Lipinski definition) is 1. The van der Waals surface area contributed by atoms with Crippen molar-refractivity contribution < 1.29 is 23.8 Å². The molecule has 0 bridgehead atoms. The van der Waals surface area contributed by atoms with E-state index in [0.717, 1.165) is 10.5 Å². The molecule has 1 N–H and O–H groups in total. The molecule has 0 unspecified atom stereocenters. The van der Waals surface area contributed by atoms with Crippen molar-refractivity contribution in [3.63, 3.8) is 0 Å². The number of carbonyl (C=O) groups is 2. The molecule has 0 radical (unpaired) electrons. The van der Waals surface area contributed by atoms with Gasteiger partial charge < -0.3 is 19.5 Å². The van der Waals surface area contributed by atoms with Gasteiger partial charge in [0.25, 0.3) is 5.91 Å². The van der Waals surface area contributed by atoms with E-state index in [-0.39, 0.29) is 31.1 Å². The Labute approximate surface area is 155 Å². The zero-order valence-electron chi connectivity index (χ0n) is 14.3. The highest BCUT2D eigenvalue weighted by Crippen LogP contribution is 2.34. The predicted octanol–water partition coefficient (Wildman–Crippen LogP) is 2.93. The summed E-state index contributed by atoms with van der Waals surface area (Å²) in [5.41, 5.74) is 0.883. The average Bonchev–Trinajstić information content (AvgIpc) is 3.13. The molecule has 0 saturated heterocycles. The summed E-state index contributed by atoms with van der Waals surface area (Å²) in [5.74, 6) is 0.734. The number of esters is 1. The molecule has 26 heavy (non-hydrogen) atoms. The molecule has 1 atom stereocenters. The first-order valence-electron chi connectivity index (χ1n) is 8.14. The Morgan fingerprint density at radius 2 is 1.92 bits per heavy atom. The van der Waals surface area contributed by atoms with Gasteiger partial charge in [0.05, 0.1) is 11.8 Å². The monoisotopic (exact) mass is 373 g/mol. The van der Waals surface area contributed by atoms with Gasteiger partial charge in [0.2, 0.25) is 6.79 Å². The first-order valence-corrected chi connectivity index (χ1v) is 9.13. The van der Waals surface area contributed by atoms with Crippen LogP contribution in [0.5, 0.6) is 11.5 Å². The Balaban J connectivity index is 1.41. The van der Waals surface area contributed by atoms with Crippen LogP contribution in [0, 0.1) is 0 Å². The summed E-state index contributed by atoms with van der Waals surface area (Å²) < 4.78 is 15.6. The predicted molar refractivity (Wildman–Crippen MR) is 97.2 cm³/mol. The Bertz CT molecular complexity index is 781. The van der Waals surface area contributed by atoms with Gasteiger partial charge in [-0.15, -0.1) is 11.8 Å². The normalized spacial score (nSPS) is 13.1. The van der Waals surface area contributed by atoms with Crippen LogP contribution < -0.4 is 14.8 Å². The minimum absolute atomic E-state index is 0.162. The van der Waals surface area contributed by atoms with Crippen LogP contribution in [-0.4, -0.2) is 31.0 Å². The number of thioether (sulfide) groups is 1. The molecule has 0 aliphatic carbocycles. The number of benzene rings is 2. The number of fused-ring (bicyclic) bond motifs is 1. The lowest BCUT2D eigenvalue weighted by molar-refractivity contribution is -0.146. The van der Waals surface area contributed by atoms with Crippen molar-refractivity contribution in [2.75, 3.05) is 19.2 Å². The second kappa shape index (κ2) is 8.62. The van der Waals surface area contributed by atoms with Crippen molar-refractivity contribution in [2.24, 2.45) is 0 Å². The van der Waals surface area contributed by atoms with Gasteiger partial charge in [-0.3, -0.25) is 9.59 Å². The summed E-state index contributed by atoms with van der Waals surface area (Å²) in [4.78, 5) is 24.7. The van der Waals surface area contributed by atoms with E-state index >= 15 is 0 Å². The van der Waals surface area contributed by atoms with Gasteiger partial charge in [-0.05, 0) is 36.8 Å². The molecule has 0 spiro atoms. The van der Waals surface area contributed by atoms with Gasteiger partial charge in [0.15, 0.2) is 18.1 Å². The van der Waals surface area contributed by atoms with Gasteiger partial charge in [-0.2, -0.15) is 0 Å². The van der Waals surface area contributed by atoms with E-state index in [2.05, 4.69) is 5.32 Å². The number of ether oxygens (including phenoxy) is 3. The highest BCUT2D eigenvalue weighted by molar-refractivity contribution is 8.00. The topological polar surface area (TPSA) is 73.9 Å². The Morgan fingerprint density at radius 3 is 2.73 bits per heavy atom. The summed E-state index contributed by atoms with van der Waals surface area (Å²) in [6, 6.07) is 14.8. The van der Waals surface area contributed by atoms with Crippen molar-refractivity contribution in [3.8, 4) is 11.5 Å². The highest BCUT2D eigenvalue weighted by Gasteiger charge is 2.17. The lowest BCUT2D eigenvalue weighted by atomic mass is 10.1. The molecule has 7 heteroatoms. The molecule has 0 aromatic heterocycles. The van der Waals surface area contributed by atoms with Crippen LogP contribution in [0.25, 0.3) is 0 Å². The largest absolute Gasteiger partial charge is 0.455 e. The second-order valence-electron chi connectivity index (χ2n) is 5.66. The third kappa shape index (κ3) is 4.92. The van der Waals surface area contributed by atoms with Crippen LogP contribution in [0.1, 0.15) is 18.5 Å². The summed E-state index contributed by atoms with van der Waals surface area (Å²) >= 11 is 1.37. The maximum absolute atomic E-state index is 12.0. The van der Waals surface area contributed by atoms with Crippen LogP contribution in [0.3, 0.4) is 0 Å². The average molecular weight is 373 g/mol. The number of hydrogen-bond acceptors (Lipinski definition) is 6. The van der Waals surface area contributed by atoms with Gasteiger partial charge in [-0.25, -0.2) is 0 Å². The van der Waals surface area contributed by atoms with Gasteiger partial charge in [0, 0.05) is 4.90 Å². The summed E-state index contributed by atoms with van der Waals surface area (Å²) in [6.07, 6.45) is 0. The standard InChI is InChI=1S/C19H19NO5S/c1-13(14-7-8-16-17(9-14)25-12-24-16)20-18(21)10-23-19(22)11-26-15-5-3-2-4-6-15/h2-9,13H,10-12H2,1H3,(H,20,21)/t13-/m0/s1. The second-order valence-corrected chi connectivity index (χ2v) is 6.71. The van der Waals surface area contributed by atoms with Crippen LogP contribution in [0.15, 0.2) is 53.4 Å². The van der Waals surface area contributed by atoms with E-state index in [0.29, 0.717) is 11.5 Å². The zero-order valence-corrected chi connectivity index (χ0v) is 15.1. The molecule has 0 fully saturated rings. The SMILES string of the molecule is C[C@H](NC(=O)COC(=O)CSc1ccccc1)c1ccc2c(c1)OCO2. The van der Waals surface area contributed by atoms with Crippen LogP contribution in [0.2, 0.25) is 0 Å². The minimum Gasteiger partial charge on any atom is -0.455 e. The molecule has 136 valence electrons. The van der Waals surface area contributed by atoms with Crippen molar-refractivity contribution >= 4 is 23.6 Å². The molecule has 1 aliphatic heterocycles. The third-order valence-corrected chi connectivity index (χ3v) is 4.72. The molecular formula is C19H19NO5S.